The van der Waals surface area contributed by atoms with E-state index in [1.54, 1.807) is 0 Å². The van der Waals surface area contributed by atoms with Gasteiger partial charge in [0.1, 0.15) is 5.75 Å². The van der Waals surface area contributed by atoms with Crippen LogP contribution in [0.25, 0.3) is 0 Å². The summed E-state index contributed by atoms with van der Waals surface area (Å²) < 4.78 is 5.57. The average molecular weight is 219 g/mol. The molecule has 0 bridgehead atoms. The number of hydrogen-bond acceptors (Lipinski definition) is 2. The molecule has 2 heteroatoms. The first kappa shape index (κ1) is 12.8. The largest absolute Gasteiger partial charge is 0.491 e. The Kier molecular flexibility index (Phi) is 4.56. The topological polar surface area (TPSA) is 35.2 Å². The Morgan fingerprint density at radius 2 is 1.88 bits per heavy atom. The molecule has 0 aliphatic heterocycles. The van der Waals surface area contributed by atoms with Crippen molar-refractivity contribution in [3.8, 4) is 5.75 Å². The molecule has 0 aliphatic rings. The summed E-state index contributed by atoms with van der Waals surface area (Å²) in [6.07, 6.45) is 1.03. The molecule has 0 radical (unpaired) electrons. The molecule has 1 atom stereocenters. The fraction of sp³-hybridized carbons (Fsp3) is 0.429. The second kappa shape index (κ2) is 5.71. The van der Waals surface area contributed by atoms with Gasteiger partial charge in [-0.05, 0) is 44.9 Å². The fourth-order valence-corrected chi connectivity index (χ4v) is 1.56. The van der Waals surface area contributed by atoms with Gasteiger partial charge in [-0.2, -0.15) is 0 Å². The van der Waals surface area contributed by atoms with Crippen molar-refractivity contribution >= 4 is 0 Å². The number of benzene rings is 1. The highest BCUT2D eigenvalue weighted by atomic mass is 16.5. The quantitative estimate of drug-likeness (QED) is 0.770. The van der Waals surface area contributed by atoms with Gasteiger partial charge in [-0.1, -0.05) is 17.7 Å². The zero-order valence-electron chi connectivity index (χ0n) is 10.4. The van der Waals surface area contributed by atoms with E-state index in [0.717, 1.165) is 23.3 Å². The van der Waals surface area contributed by atoms with Gasteiger partial charge < -0.3 is 10.5 Å². The standard InChI is InChI=1S/C14H21NO/c1-10(2)9-14(15)12-5-7-13(8-6-12)16-11(3)4/h5-8,11,14H,1,9,15H2,2-4H3/t14-/m1/s1. The molecule has 0 unspecified atom stereocenters. The minimum Gasteiger partial charge on any atom is -0.491 e. The minimum atomic E-state index is 0.0330. The molecule has 88 valence electrons. The van der Waals surface area contributed by atoms with E-state index < -0.39 is 0 Å². The average Bonchev–Trinajstić information content (AvgIpc) is 2.16. The van der Waals surface area contributed by atoms with Crippen molar-refractivity contribution in [3.05, 3.63) is 42.0 Å². The van der Waals surface area contributed by atoms with Gasteiger partial charge in [-0.3, -0.25) is 0 Å². The van der Waals surface area contributed by atoms with E-state index in [2.05, 4.69) is 6.58 Å². The van der Waals surface area contributed by atoms with Gasteiger partial charge in [-0.15, -0.1) is 6.58 Å². The third-order valence-corrected chi connectivity index (χ3v) is 2.25. The van der Waals surface area contributed by atoms with Crippen molar-refractivity contribution in [3.63, 3.8) is 0 Å². The second-order valence-corrected chi connectivity index (χ2v) is 4.50. The second-order valence-electron chi connectivity index (χ2n) is 4.50. The fourth-order valence-electron chi connectivity index (χ4n) is 1.56. The third kappa shape index (κ3) is 4.07. The van der Waals surface area contributed by atoms with Crippen LogP contribution in [0.4, 0.5) is 0 Å². The lowest BCUT2D eigenvalue weighted by atomic mass is 10.0. The van der Waals surface area contributed by atoms with Crippen molar-refractivity contribution in [1.29, 1.82) is 0 Å². The van der Waals surface area contributed by atoms with E-state index in [-0.39, 0.29) is 12.1 Å². The number of ether oxygens (including phenoxy) is 1. The maximum absolute atomic E-state index is 6.05. The molecule has 2 nitrogen and oxygen atoms in total. The van der Waals surface area contributed by atoms with Crippen LogP contribution in [0.1, 0.15) is 38.8 Å². The zero-order chi connectivity index (χ0) is 12.1. The van der Waals surface area contributed by atoms with Crippen molar-refractivity contribution in [1.82, 2.24) is 0 Å². The first-order valence-electron chi connectivity index (χ1n) is 5.65. The van der Waals surface area contributed by atoms with Gasteiger partial charge in [0.15, 0.2) is 0 Å². The molecule has 1 rings (SSSR count). The van der Waals surface area contributed by atoms with E-state index >= 15 is 0 Å². The monoisotopic (exact) mass is 219 g/mol. The highest BCUT2D eigenvalue weighted by Crippen LogP contribution is 2.21. The highest BCUT2D eigenvalue weighted by Gasteiger charge is 2.06. The van der Waals surface area contributed by atoms with E-state index in [1.165, 1.54) is 0 Å². The predicted molar refractivity (Wildman–Crippen MR) is 68.6 cm³/mol. The van der Waals surface area contributed by atoms with Crippen LogP contribution in [-0.2, 0) is 0 Å². The van der Waals surface area contributed by atoms with Crippen LogP contribution < -0.4 is 10.5 Å². The summed E-state index contributed by atoms with van der Waals surface area (Å²) in [5.74, 6) is 0.890. The molecule has 2 N–H and O–H groups in total. The first-order valence-corrected chi connectivity index (χ1v) is 5.65. The molecule has 0 spiro atoms. The Morgan fingerprint density at radius 1 is 1.31 bits per heavy atom. The van der Waals surface area contributed by atoms with Crippen molar-refractivity contribution in [2.75, 3.05) is 0 Å². The van der Waals surface area contributed by atoms with Crippen LogP contribution >= 0.6 is 0 Å². The lowest BCUT2D eigenvalue weighted by molar-refractivity contribution is 0.242. The van der Waals surface area contributed by atoms with Gasteiger partial charge in [0.05, 0.1) is 6.10 Å². The molecule has 16 heavy (non-hydrogen) atoms. The molecule has 0 aliphatic carbocycles. The number of rotatable bonds is 5. The Morgan fingerprint density at radius 3 is 2.31 bits per heavy atom. The maximum Gasteiger partial charge on any atom is 0.119 e. The summed E-state index contributed by atoms with van der Waals surface area (Å²) >= 11 is 0. The molecule has 0 amide bonds. The van der Waals surface area contributed by atoms with E-state index in [9.17, 15) is 0 Å². The predicted octanol–water partition coefficient (Wildman–Crippen LogP) is 3.44. The summed E-state index contributed by atoms with van der Waals surface area (Å²) in [6, 6.07) is 8.00. The van der Waals surface area contributed by atoms with Crippen molar-refractivity contribution in [2.45, 2.75) is 39.3 Å². The Bertz CT molecular complexity index is 340. The van der Waals surface area contributed by atoms with Gasteiger partial charge in [0, 0.05) is 6.04 Å². The van der Waals surface area contributed by atoms with Crippen LogP contribution in [0.15, 0.2) is 36.4 Å². The first-order chi connectivity index (χ1) is 7.49. The molecule has 0 saturated heterocycles. The van der Waals surface area contributed by atoms with Crippen molar-refractivity contribution < 1.29 is 4.74 Å². The Labute approximate surface area is 98.1 Å². The van der Waals surface area contributed by atoms with E-state index in [1.807, 2.05) is 45.0 Å². The van der Waals surface area contributed by atoms with Gasteiger partial charge in [0.25, 0.3) is 0 Å². The molecule has 0 saturated carbocycles. The Balaban J connectivity index is 2.66. The molecular weight excluding hydrogens is 198 g/mol. The summed E-state index contributed by atoms with van der Waals surface area (Å²) in [6.45, 7) is 9.90. The SMILES string of the molecule is C=C(C)C[C@@H](N)c1ccc(OC(C)C)cc1. The highest BCUT2D eigenvalue weighted by molar-refractivity contribution is 5.29. The lowest BCUT2D eigenvalue weighted by Crippen LogP contribution is -2.10. The molecule has 0 heterocycles. The van der Waals surface area contributed by atoms with Crippen LogP contribution in [0, 0.1) is 0 Å². The maximum atomic E-state index is 6.05. The molecule has 0 fully saturated rings. The van der Waals surface area contributed by atoms with Gasteiger partial charge >= 0.3 is 0 Å². The molecule has 1 aromatic carbocycles. The molecular formula is C14H21NO. The molecule has 1 aromatic rings. The van der Waals surface area contributed by atoms with Crippen molar-refractivity contribution in [2.24, 2.45) is 5.73 Å². The summed E-state index contributed by atoms with van der Waals surface area (Å²) in [5.41, 5.74) is 8.28. The smallest absolute Gasteiger partial charge is 0.119 e. The van der Waals surface area contributed by atoms with Crippen LogP contribution in [0.3, 0.4) is 0 Å². The summed E-state index contributed by atoms with van der Waals surface area (Å²) in [4.78, 5) is 0. The molecule has 0 aromatic heterocycles. The van der Waals surface area contributed by atoms with Crippen LogP contribution in [0.5, 0.6) is 5.75 Å². The van der Waals surface area contributed by atoms with Gasteiger partial charge in [0.2, 0.25) is 0 Å². The zero-order valence-corrected chi connectivity index (χ0v) is 10.4. The normalized spacial score (nSPS) is 12.6. The number of hydrogen-bond donors (Lipinski definition) is 1. The van der Waals surface area contributed by atoms with Crippen LogP contribution in [0.2, 0.25) is 0 Å². The number of nitrogens with two attached hydrogens (primary N) is 1. The van der Waals surface area contributed by atoms with E-state index in [0.29, 0.717) is 0 Å². The third-order valence-electron chi connectivity index (χ3n) is 2.25. The lowest BCUT2D eigenvalue weighted by Gasteiger charge is -2.14. The Hall–Kier alpha value is -1.28. The summed E-state index contributed by atoms with van der Waals surface area (Å²) in [5, 5.41) is 0. The minimum absolute atomic E-state index is 0.0330. The van der Waals surface area contributed by atoms with E-state index in [4.69, 9.17) is 10.5 Å². The van der Waals surface area contributed by atoms with Gasteiger partial charge in [-0.25, -0.2) is 0 Å². The summed E-state index contributed by atoms with van der Waals surface area (Å²) in [7, 11) is 0. The van der Waals surface area contributed by atoms with Crippen LogP contribution in [-0.4, -0.2) is 6.10 Å².